The number of aromatic nitrogens is 1. The summed E-state index contributed by atoms with van der Waals surface area (Å²) in [7, 11) is 0. The van der Waals surface area contributed by atoms with Crippen molar-refractivity contribution in [1.29, 1.82) is 0 Å². The molecule has 0 saturated carbocycles. The molecule has 4 heteroatoms. The van der Waals surface area contributed by atoms with Gasteiger partial charge < -0.3 is 5.73 Å². The Morgan fingerprint density at radius 1 is 1.44 bits per heavy atom. The van der Waals surface area contributed by atoms with Crippen molar-refractivity contribution in [3.63, 3.8) is 0 Å². The molecule has 1 saturated heterocycles. The van der Waals surface area contributed by atoms with Gasteiger partial charge in [0.05, 0.1) is 12.2 Å². The summed E-state index contributed by atoms with van der Waals surface area (Å²) in [6.45, 7) is 9.58. The Kier molecular flexibility index (Phi) is 4.41. The van der Waals surface area contributed by atoms with E-state index in [2.05, 4.69) is 31.1 Å². The third-order valence-corrected chi connectivity index (χ3v) is 4.51. The summed E-state index contributed by atoms with van der Waals surface area (Å²) in [5.74, 6) is 0. The average Bonchev–Trinajstić information content (AvgIpc) is 2.78. The second-order valence-corrected chi connectivity index (χ2v) is 7.17. The molecule has 0 aromatic carbocycles. The molecule has 1 aromatic rings. The van der Waals surface area contributed by atoms with Gasteiger partial charge in [-0.15, -0.1) is 11.3 Å². The summed E-state index contributed by atoms with van der Waals surface area (Å²) >= 11 is 1.79. The molecule has 0 aliphatic carbocycles. The summed E-state index contributed by atoms with van der Waals surface area (Å²) in [6.07, 6.45) is 3.87. The van der Waals surface area contributed by atoms with Gasteiger partial charge in [0.15, 0.2) is 0 Å². The SMILES string of the molecule is CC(C)(C)c1csc(CN2CCCCC2CN)n1. The zero-order valence-corrected chi connectivity index (χ0v) is 12.6. The van der Waals surface area contributed by atoms with E-state index in [0.717, 1.165) is 13.1 Å². The molecule has 1 unspecified atom stereocenters. The summed E-state index contributed by atoms with van der Waals surface area (Å²) in [5.41, 5.74) is 7.23. The fraction of sp³-hybridized carbons (Fsp3) is 0.786. The van der Waals surface area contributed by atoms with Crippen molar-refractivity contribution in [2.75, 3.05) is 13.1 Å². The fourth-order valence-electron chi connectivity index (χ4n) is 2.44. The average molecular weight is 267 g/mol. The summed E-state index contributed by atoms with van der Waals surface area (Å²) in [5, 5.41) is 3.44. The predicted molar refractivity (Wildman–Crippen MR) is 77.9 cm³/mol. The third kappa shape index (κ3) is 3.31. The highest BCUT2D eigenvalue weighted by molar-refractivity contribution is 7.09. The lowest BCUT2D eigenvalue weighted by atomic mass is 9.93. The van der Waals surface area contributed by atoms with Crippen molar-refractivity contribution >= 4 is 11.3 Å². The van der Waals surface area contributed by atoms with Gasteiger partial charge in [0.2, 0.25) is 0 Å². The third-order valence-electron chi connectivity index (χ3n) is 3.68. The number of hydrogen-bond donors (Lipinski definition) is 1. The first-order valence-electron chi connectivity index (χ1n) is 6.89. The van der Waals surface area contributed by atoms with Gasteiger partial charge in [-0.1, -0.05) is 27.2 Å². The van der Waals surface area contributed by atoms with Crippen LogP contribution in [0.5, 0.6) is 0 Å². The van der Waals surface area contributed by atoms with Crippen LogP contribution in [0.3, 0.4) is 0 Å². The Balaban J connectivity index is 2.02. The molecule has 2 N–H and O–H groups in total. The number of thiazole rings is 1. The lowest BCUT2D eigenvalue weighted by molar-refractivity contribution is 0.144. The lowest BCUT2D eigenvalue weighted by Gasteiger charge is -2.34. The summed E-state index contributed by atoms with van der Waals surface area (Å²) in [4.78, 5) is 7.29. The Bertz CT molecular complexity index is 381. The predicted octanol–water partition coefficient (Wildman–Crippen LogP) is 2.75. The van der Waals surface area contributed by atoms with Crippen LogP contribution in [0.25, 0.3) is 0 Å². The maximum absolute atomic E-state index is 5.86. The minimum Gasteiger partial charge on any atom is -0.329 e. The normalized spacial score (nSPS) is 22.3. The van der Waals surface area contributed by atoms with E-state index in [1.807, 2.05) is 0 Å². The summed E-state index contributed by atoms with van der Waals surface area (Å²) < 4.78 is 0. The van der Waals surface area contributed by atoms with Crippen molar-refractivity contribution in [3.8, 4) is 0 Å². The zero-order valence-electron chi connectivity index (χ0n) is 11.8. The molecule has 0 bridgehead atoms. The molecule has 1 aliphatic rings. The largest absolute Gasteiger partial charge is 0.329 e. The molecule has 102 valence electrons. The maximum atomic E-state index is 5.86. The maximum Gasteiger partial charge on any atom is 0.107 e. The van der Waals surface area contributed by atoms with Crippen molar-refractivity contribution in [2.45, 2.75) is 58.0 Å². The molecule has 1 aliphatic heterocycles. The van der Waals surface area contributed by atoms with E-state index in [1.54, 1.807) is 11.3 Å². The number of rotatable bonds is 3. The van der Waals surface area contributed by atoms with Gasteiger partial charge in [-0.05, 0) is 19.4 Å². The van der Waals surface area contributed by atoms with Crippen LogP contribution >= 0.6 is 11.3 Å². The van der Waals surface area contributed by atoms with Crippen molar-refractivity contribution < 1.29 is 0 Å². The Morgan fingerprint density at radius 3 is 2.83 bits per heavy atom. The molecule has 2 heterocycles. The highest BCUT2D eigenvalue weighted by Gasteiger charge is 2.23. The van der Waals surface area contributed by atoms with Crippen LogP contribution in [-0.4, -0.2) is 29.0 Å². The van der Waals surface area contributed by atoms with Crippen LogP contribution in [0.4, 0.5) is 0 Å². The van der Waals surface area contributed by atoms with Crippen LogP contribution in [0.15, 0.2) is 5.38 Å². The van der Waals surface area contributed by atoms with Gasteiger partial charge in [0, 0.05) is 23.4 Å². The molecule has 3 nitrogen and oxygen atoms in total. The standard InChI is InChI=1S/C14H25N3S/c1-14(2,3)12-10-18-13(16-12)9-17-7-5-4-6-11(17)8-15/h10-11H,4-9,15H2,1-3H3. The minimum absolute atomic E-state index is 0.157. The van der Waals surface area contributed by atoms with Crippen LogP contribution in [-0.2, 0) is 12.0 Å². The molecular formula is C14H25N3S. The molecule has 18 heavy (non-hydrogen) atoms. The highest BCUT2D eigenvalue weighted by atomic mass is 32.1. The fourth-order valence-corrected chi connectivity index (χ4v) is 3.48. The number of likely N-dealkylation sites (tertiary alicyclic amines) is 1. The first-order chi connectivity index (χ1) is 8.50. The second-order valence-electron chi connectivity index (χ2n) is 6.23. The van der Waals surface area contributed by atoms with Crippen LogP contribution < -0.4 is 5.73 Å². The van der Waals surface area contributed by atoms with Gasteiger partial charge in [-0.3, -0.25) is 4.90 Å². The van der Waals surface area contributed by atoms with E-state index in [9.17, 15) is 0 Å². The number of nitrogens with two attached hydrogens (primary N) is 1. The lowest BCUT2D eigenvalue weighted by Crippen LogP contribution is -2.43. The molecule has 0 radical (unpaired) electrons. The second kappa shape index (κ2) is 5.68. The van der Waals surface area contributed by atoms with Crippen LogP contribution in [0.1, 0.15) is 50.7 Å². The van der Waals surface area contributed by atoms with Crippen molar-refractivity contribution in [1.82, 2.24) is 9.88 Å². The van der Waals surface area contributed by atoms with E-state index in [4.69, 9.17) is 10.7 Å². The van der Waals surface area contributed by atoms with Crippen molar-refractivity contribution in [3.05, 3.63) is 16.1 Å². The van der Waals surface area contributed by atoms with Gasteiger partial charge in [0.1, 0.15) is 5.01 Å². The first kappa shape index (κ1) is 14.0. The van der Waals surface area contributed by atoms with E-state index in [0.29, 0.717) is 6.04 Å². The number of hydrogen-bond acceptors (Lipinski definition) is 4. The molecule has 0 spiro atoms. The van der Waals surface area contributed by atoms with E-state index >= 15 is 0 Å². The van der Waals surface area contributed by atoms with Gasteiger partial charge in [-0.2, -0.15) is 0 Å². The molecule has 1 aromatic heterocycles. The number of nitrogens with zero attached hydrogens (tertiary/aromatic N) is 2. The Morgan fingerprint density at radius 2 is 2.22 bits per heavy atom. The van der Waals surface area contributed by atoms with Crippen LogP contribution in [0.2, 0.25) is 0 Å². The Labute approximate surface area is 114 Å². The zero-order chi connectivity index (χ0) is 13.2. The smallest absolute Gasteiger partial charge is 0.107 e. The van der Waals surface area contributed by atoms with Crippen molar-refractivity contribution in [2.24, 2.45) is 5.73 Å². The Hall–Kier alpha value is -0.450. The number of piperidine rings is 1. The van der Waals surface area contributed by atoms with Gasteiger partial charge in [-0.25, -0.2) is 4.98 Å². The molecule has 0 amide bonds. The highest BCUT2D eigenvalue weighted by Crippen LogP contribution is 2.26. The van der Waals surface area contributed by atoms with E-state index < -0.39 is 0 Å². The van der Waals surface area contributed by atoms with E-state index in [-0.39, 0.29) is 5.41 Å². The minimum atomic E-state index is 0.157. The molecule has 1 atom stereocenters. The quantitative estimate of drug-likeness (QED) is 0.915. The monoisotopic (exact) mass is 267 g/mol. The van der Waals surface area contributed by atoms with E-state index in [1.165, 1.54) is 36.5 Å². The molecule has 1 fully saturated rings. The topological polar surface area (TPSA) is 42.1 Å². The molecule has 2 rings (SSSR count). The first-order valence-corrected chi connectivity index (χ1v) is 7.77. The van der Waals surface area contributed by atoms with Crippen LogP contribution in [0, 0.1) is 0 Å². The summed E-state index contributed by atoms with van der Waals surface area (Å²) in [6, 6.07) is 0.556. The molecular weight excluding hydrogens is 242 g/mol. The van der Waals surface area contributed by atoms with Gasteiger partial charge in [0.25, 0.3) is 0 Å². The van der Waals surface area contributed by atoms with Gasteiger partial charge >= 0.3 is 0 Å².